The lowest BCUT2D eigenvalue weighted by molar-refractivity contribution is 0.0766. The van der Waals surface area contributed by atoms with Crippen molar-refractivity contribution in [3.05, 3.63) is 83.1 Å². The molecule has 0 amide bonds. The Bertz CT molecular complexity index is 1130. The summed E-state index contributed by atoms with van der Waals surface area (Å²) in [7, 11) is 0. The molecule has 2 aromatic carbocycles. The van der Waals surface area contributed by atoms with Gasteiger partial charge in [-0.3, -0.25) is 4.90 Å². The molecule has 1 saturated carbocycles. The number of halogens is 1. The van der Waals surface area contributed by atoms with Crippen LogP contribution >= 0.6 is 11.6 Å². The van der Waals surface area contributed by atoms with Gasteiger partial charge in [-0.15, -0.1) is 0 Å². The molecule has 0 radical (unpaired) electrons. The van der Waals surface area contributed by atoms with Gasteiger partial charge in [-0.2, -0.15) is 0 Å². The number of hydrogen-bond donors (Lipinski definition) is 0. The van der Waals surface area contributed by atoms with Crippen LogP contribution in [0.4, 0.5) is 0 Å². The molecule has 2 heterocycles. The molecule has 0 unspecified atom stereocenters. The quantitative estimate of drug-likeness (QED) is 0.388. The van der Waals surface area contributed by atoms with Crippen molar-refractivity contribution in [2.45, 2.75) is 32.1 Å². The number of pyridine rings is 1. The summed E-state index contributed by atoms with van der Waals surface area (Å²) >= 11 is 5.97. The molecule has 0 N–H and O–H groups in total. The smallest absolute Gasteiger partial charge is 0.119 e. The molecule has 5 rings (SSSR count). The Morgan fingerprint density at radius 3 is 2.38 bits per heavy atom. The zero-order valence-electron chi connectivity index (χ0n) is 19.6. The first-order valence-corrected chi connectivity index (χ1v) is 12.8. The van der Waals surface area contributed by atoms with E-state index < -0.39 is 0 Å². The van der Waals surface area contributed by atoms with E-state index in [2.05, 4.69) is 21.7 Å². The highest BCUT2D eigenvalue weighted by molar-refractivity contribution is 6.30. The lowest BCUT2D eigenvalue weighted by atomic mass is 9.75. The van der Waals surface area contributed by atoms with Crippen LogP contribution in [0.3, 0.4) is 0 Å². The Morgan fingerprint density at radius 1 is 0.853 bits per heavy atom. The van der Waals surface area contributed by atoms with E-state index in [0.29, 0.717) is 0 Å². The van der Waals surface area contributed by atoms with Crippen molar-refractivity contribution in [3.8, 4) is 28.7 Å². The second-order valence-corrected chi connectivity index (χ2v) is 9.89. The normalized spacial score (nSPS) is 20.1. The van der Waals surface area contributed by atoms with Crippen molar-refractivity contribution in [1.82, 2.24) is 9.88 Å². The summed E-state index contributed by atoms with van der Waals surface area (Å²) < 4.78 is 6.01. The summed E-state index contributed by atoms with van der Waals surface area (Å²) in [5.74, 6) is 9.15. The molecule has 1 aliphatic heterocycles. The van der Waals surface area contributed by atoms with Gasteiger partial charge in [0.25, 0.3) is 0 Å². The van der Waals surface area contributed by atoms with Gasteiger partial charge < -0.3 is 4.74 Å². The summed E-state index contributed by atoms with van der Waals surface area (Å²) in [4.78, 5) is 7.08. The third-order valence-electron chi connectivity index (χ3n) is 7.18. The van der Waals surface area contributed by atoms with Crippen molar-refractivity contribution < 1.29 is 4.74 Å². The van der Waals surface area contributed by atoms with E-state index in [0.717, 1.165) is 58.1 Å². The third kappa shape index (κ3) is 6.00. The van der Waals surface area contributed by atoms with Crippen LogP contribution in [0.15, 0.2) is 66.9 Å². The Labute approximate surface area is 208 Å². The fourth-order valence-electron chi connectivity index (χ4n) is 5.22. The molecule has 2 atom stereocenters. The van der Waals surface area contributed by atoms with Crippen molar-refractivity contribution in [1.29, 1.82) is 0 Å². The number of ether oxygens (including phenoxy) is 1. The van der Waals surface area contributed by atoms with Crippen LogP contribution in [-0.2, 0) is 0 Å². The first kappa shape index (κ1) is 23.0. The van der Waals surface area contributed by atoms with Gasteiger partial charge in [-0.05, 0) is 85.2 Å². The van der Waals surface area contributed by atoms with Crippen molar-refractivity contribution in [2.24, 2.45) is 11.8 Å². The lowest BCUT2D eigenvalue weighted by Gasteiger charge is -2.41. The van der Waals surface area contributed by atoms with E-state index in [4.69, 9.17) is 16.3 Å². The molecule has 4 heteroatoms. The summed E-state index contributed by atoms with van der Waals surface area (Å²) in [5, 5.41) is 0.731. The topological polar surface area (TPSA) is 25.4 Å². The van der Waals surface area contributed by atoms with Crippen LogP contribution in [0, 0.1) is 23.7 Å². The highest BCUT2D eigenvalue weighted by Crippen LogP contribution is 2.35. The van der Waals surface area contributed by atoms with Crippen LogP contribution < -0.4 is 4.74 Å². The second kappa shape index (κ2) is 11.1. The minimum absolute atomic E-state index is 0.731. The average Bonchev–Trinajstić information content (AvgIpc) is 2.89. The molecule has 174 valence electrons. The predicted octanol–water partition coefficient (Wildman–Crippen LogP) is 6.69. The summed E-state index contributed by atoms with van der Waals surface area (Å²) in [6, 6.07) is 19.8. The van der Waals surface area contributed by atoms with Gasteiger partial charge in [0.1, 0.15) is 18.1 Å². The van der Waals surface area contributed by atoms with Crippen LogP contribution in [-0.4, -0.2) is 36.1 Å². The molecule has 1 aliphatic carbocycles. The van der Waals surface area contributed by atoms with Gasteiger partial charge >= 0.3 is 0 Å². The SMILES string of the molecule is Clc1ccc(-c2ccc(C#Cc3ccc(OCCN4CC[C@@H]5CCCC[C@H]5C4)cc3)nc2)cc1. The Hall–Kier alpha value is -2.80. The van der Waals surface area contributed by atoms with Crippen molar-refractivity contribution in [2.75, 3.05) is 26.2 Å². The third-order valence-corrected chi connectivity index (χ3v) is 7.43. The maximum absolute atomic E-state index is 6.01. The van der Waals surface area contributed by atoms with E-state index in [1.165, 1.54) is 45.2 Å². The van der Waals surface area contributed by atoms with E-state index in [1.807, 2.05) is 66.9 Å². The van der Waals surface area contributed by atoms with Crippen LogP contribution in [0.5, 0.6) is 5.75 Å². The Balaban J connectivity index is 1.10. The number of hydrogen-bond acceptors (Lipinski definition) is 3. The number of fused-ring (bicyclic) bond motifs is 1. The number of benzene rings is 2. The number of rotatable bonds is 5. The van der Waals surface area contributed by atoms with Gasteiger partial charge in [0.05, 0.1) is 0 Å². The monoisotopic (exact) mass is 470 g/mol. The van der Waals surface area contributed by atoms with Crippen molar-refractivity contribution in [3.63, 3.8) is 0 Å². The first-order valence-electron chi connectivity index (χ1n) is 12.4. The molecular formula is C30H31ClN2O. The molecule has 1 saturated heterocycles. The zero-order valence-corrected chi connectivity index (χ0v) is 20.3. The van der Waals surface area contributed by atoms with Gasteiger partial charge in [0.2, 0.25) is 0 Å². The lowest BCUT2D eigenvalue weighted by Crippen LogP contribution is -2.43. The van der Waals surface area contributed by atoms with Gasteiger partial charge in [-0.1, -0.05) is 55.0 Å². The molecular weight excluding hydrogens is 440 g/mol. The van der Waals surface area contributed by atoms with Gasteiger partial charge in [-0.25, -0.2) is 4.98 Å². The molecule has 1 aromatic heterocycles. The van der Waals surface area contributed by atoms with Crippen LogP contribution in [0.2, 0.25) is 5.02 Å². The molecule has 34 heavy (non-hydrogen) atoms. The minimum Gasteiger partial charge on any atom is -0.492 e. The first-order chi connectivity index (χ1) is 16.7. The van der Waals surface area contributed by atoms with E-state index in [9.17, 15) is 0 Å². The van der Waals surface area contributed by atoms with E-state index >= 15 is 0 Å². The fourth-order valence-corrected chi connectivity index (χ4v) is 5.35. The zero-order chi connectivity index (χ0) is 23.2. The fraction of sp³-hybridized carbons (Fsp3) is 0.367. The predicted molar refractivity (Wildman–Crippen MR) is 139 cm³/mol. The van der Waals surface area contributed by atoms with E-state index in [1.54, 1.807) is 0 Å². The molecule has 3 aromatic rings. The Morgan fingerprint density at radius 2 is 1.62 bits per heavy atom. The molecule has 2 fully saturated rings. The number of likely N-dealkylation sites (tertiary alicyclic amines) is 1. The van der Waals surface area contributed by atoms with Gasteiger partial charge in [0, 0.05) is 35.4 Å². The average molecular weight is 471 g/mol. The highest BCUT2D eigenvalue weighted by Gasteiger charge is 2.30. The summed E-state index contributed by atoms with van der Waals surface area (Å²) in [5.41, 5.74) is 3.84. The number of nitrogens with zero attached hydrogens (tertiary/aromatic N) is 2. The maximum Gasteiger partial charge on any atom is 0.119 e. The second-order valence-electron chi connectivity index (χ2n) is 9.46. The molecule has 0 spiro atoms. The standard InChI is InChI=1S/C30H31ClN2O/c31-28-11-8-25(9-12-28)26-10-14-29(32-21-26)13-5-23-6-15-30(16-7-23)34-20-19-33-18-17-24-3-1-2-4-27(24)22-33/h6-12,14-16,21,24,27H,1-4,17-20,22H2/t24-,27-/m0/s1. The van der Waals surface area contributed by atoms with Gasteiger partial charge in [0.15, 0.2) is 0 Å². The number of piperidine rings is 1. The maximum atomic E-state index is 6.01. The largest absolute Gasteiger partial charge is 0.492 e. The summed E-state index contributed by atoms with van der Waals surface area (Å²) in [6.45, 7) is 4.25. The van der Waals surface area contributed by atoms with Crippen LogP contribution in [0.1, 0.15) is 43.4 Å². The summed E-state index contributed by atoms with van der Waals surface area (Å²) in [6.07, 6.45) is 8.96. The minimum atomic E-state index is 0.731. The Kier molecular flexibility index (Phi) is 7.49. The van der Waals surface area contributed by atoms with Crippen molar-refractivity contribution >= 4 is 11.6 Å². The molecule has 3 nitrogen and oxygen atoms in total. The molecule has 2 aliphatic rings. The van der Waals surface area contributed by atoms with E-state index in [-0.39, 0.29) is 0 Å². The highest BCUT2D eigenvalue weighted by atomic mass is 35.5. The molecule has 0 bridgehead atoms. The number of aromatic nitrogens is 1. The van der Waals surface area contributed by atoms with Crippen LogP contribution in [0.25, 0.3) is 11.1 Å².